The van der Waals surface area contributed by atoms with Gasteiger partial charge in [0.1, 0.15) is 0 Å². The quantitative estimate of drug-likeness (QED) is 0.294. The Kier molecular flexibility index (Phi) is 10.4. The second kappa shape index (κ2) is 12.8. The second-order valence-electron chi connectivity index (χ2n) is 8.13. The van der Waals surface area contributed by atoms with Crippen LogP contribution in [-0.4, -0.2) is 6.61 Å². The fourth-order valence-electron chi connectivity index (χ4n) is 3.91. The molecule has 156 valence electrons. The van der Waals surface area contributed by atoms with Gasteiger partial charge < -0.3 is 4.74 Å². The van der Waals surface area contributed by atoms with E-state index in [1.54, 1.807) is 6.07 Å². The molecule has 0 saturated heterocycles. The minimum absolute atomic E-state index is 0.00728. The van der Waals surface area contributed by atoms with Gasteiger partial charge in [-0.3, -0.25) is 0 Å². The van der Waals surface area contributed by atoms with E-state index in [1.807, 2.05) is 0 Å². The van der Waals surface area contributed by atoms with Crippen LogP contribution >= 0.6 is 0 Å². The maximum absolute atomic E-state index is 14.3. The average molecular weight is 391 g/mol. The van der Waals surface area contributed by atoms with E-state index >= 15 is 0 Å². The van der Waals surface area contributed by atoms with Crippen molar-refractivity contribution in [2.75, 3.05) is 6.61 Å². The van der Waals surface area contributed by atoms with Crippen molar-refractivity contribution < 1.29 is 13.5 Å². The normalized spacial score (nSPS) is 19.1. The zero-order chi connectivity index (χ0) is 20.2. The van der Waals surface area contributed by atoms with Gasteiger partial charge in [-0.1, -0.05) is 70.6 Å². The summed E-state index contributed by atoms with van der Waals surface area (Å²) >= 11 is 0. The minimum atomic E-state index is -0.915. The molecule has 1 aromatic rings. The van der Waals surface area contributed by atoms with Crippen LogP contribution in [0.3, 0.4) is 0 Å². The Morgan fingerprint density at radius 1 is 0.893 bits per heavy atom. The predicted molar refractivity (Wildman–Crippen MR) is 112 cm³/mol. The zero-order valence-corrected chi connectivity index (χ0v) is 17.7. The summed E-state index contributed by atoms with van der Waals surface area (Å²) in [6.07, 6.45) is 14.0. The van der Waals surface area contributed by atoms with E-state index < -0.39 is 11.6 Å². The van der Waals surface area contributed by atoms with E-state index in [0.29, 0.717) is 12.5 Å². The summed E-state index contributed by atoms with van der Waals surface area (Å²) in [5, 5.41) is 0. The SMILES string of the molecule is CCCCCCOc1ccc(C#C[C@H]2CC[C@H](CCCCC)CC2)c(F)c1F. The number of unbranched alkanes of at least 4 members (excludes halogenated alkanes) is 5. The minimum Gasteiger partial charge on any atom is -0.490 e. The van der Waals surface area contributed by atoms with Crippen molar-refractivity contribution >= 4 is 0 Å². The van der Waals surface area contributed by atoms with Crippen molar-refractivity contribution in [2.45, 2.75) is 90.9 Å². The molecule has 1 aromatic carbocycles. The molecule has 1 saturated carbocycles. The lowest BCUT2D eigenvalue weighted by molar-refractivity contribution is 0.285. The first-order chi connectivity index (χ1) is 13.7. The Morgan fingerprint density at radius 2 is 1.61 bits per heavy atom. The average Bonchev–Trinajstić information content (AvgIpc) is 2.71. The molecule has 1 aliphatic carbocycles. The van der Waals surface area contributed by atoms with Crippen molar-refractivity contribution in [3.63, 3.8) is 0 Å². The van der Waals surface area contributed by atoms with Crippen LogP contribution < -0.4 is 4.74 Å². The van der Waals surface area contributed by atoms with Gasteiger partial charge in [0.05, 0.1) is 12.2 Å². The summed E-state index contributed by atoms with van der Waals surface area (Å²) < 4.78 is 34.0. The molecule has 0 unspecified atom stereocenters. The fourth-order valence-corrected chi connectivity index (χ4v) is 3.91. The van der Waals surface area contributed by atoms with Crippen LogP contribution in [0.5, 0.6) is 5.75 Å². The lowest BCUT2D eigenvalue weighted by Crippen LogP contribution is -2.13. The van der Waals surface area contributed by atoms with E-state index in [4.69, 9.17) is 4.74 Å². The van der Waals surface area contributed by atoms with Crippen molar-refractivity contribution in [1.29, 1.82) is 0 Å². The zero-order valence-electron chi connectivity index (χ0n) is 17.7. The fraction of sp³-hybridized carbons (Fsp3) is 0.680. The lowest BCUT2D eigenvalue weighted by Gasteiger charge is -2.25. The highest BCUT2D eigenvalue weighted by atomic mass is 19.2. The third-order valence-corrected chi connectivity index (χ3v) is 5.78. The largest absolute Gasteiger partial charge is 0.490 e. The second-order valence-corrected chi connectivity index (χ2v) is 8.13. The van der Waals surface area contributed by atoms with Gasteiger partial charge in [0.2, 0.25) is 5.82 Å². The van der Waals surface area contributed by atoms with Crippen molar-refractivity contribution in [3.05, 3.63) is 29.3 Å². The van der Waals surface area contributed by atoms with Crippen molar-refractivity contribution in [3.8, 4) is 17.6 Å². The van der Waals surface area contributed by atoms with E-state index in [-0.39, 0.29) is 11.3 Å². The van der Waals surface area contributed by atoms with Gasteiger partial charge in [-0.25, -0.2) is 4.39 Å². The smallest absolute Gasteiger partial charge is 0.201 e. The van der Waals surface area contributed by atoms with Crippen LogP contribution in [0.4, 0.5) is 8.78 Å². The molecule has 0 amide bonds. The molecule has 0 bridgehead atoms. The highest BCUT2D eigenvalue weighted by molar-refractivity contribution is 5.41. The van der Waals surface area contributed by atoms with E-state index in [2.05, 4.69) is 25.7 Å². The summed E-state index contributed by atoms with van der Waals surface area (Å²) in [6.45, 7) is 4.79. The molecule has 1 aliphatic rings. The van der Waals surface area contributed by atoms with Gasteiger partial charge in [0.25, 0.3) is 0 Å². The Bertz CT molecular complexity index is 636. The number of rotatable bonds is 10. The van der Waals surface area contributed by atoms with Gasteiger partial charge in [0.15, 0.2) is 11.6 Å². The van der Waals surface area contributed by atoms with Gasteiger partial charge in [-0.2, -0.15) is 4.39 Å². The predicted octanol–water partition coefficient (Wildman–Crippen LogP) is 7.66. The molecular formula is C25H36F2O. The number of hydrogen-bond donors (Lipinski definition) is 0. The lowest BCUT2D eigenvalue weighted by atomic mass is 9.80. The molecule has 1 nitrogen and oxygen atoms in total. The molecule has 0 aliphatic heterocycles. The molecule has 1 fully saturated rings. The van der Waals surface area contributed by atoms with Crippen LogP contribution in [0.25, 0.3) is 0 Å². The van der Waals surface area contributed by atoms with E-state index in [0.717, 1.165) is 44.4 Å². The molecular weight excluding hydrogens is 354 g/mol. The van der Waals surface area contributed by atoms with Crippen LogP contribution in [-0.2, 0) is 0 Å². The van der Waals surface area contributed by atoms with Crippen molar-refractivity contribution in [1.82, 2.24) is 0 Å². The maximum Gasteiger partial charge on any atom is 0.201 e. The summed E-state index contributed by atoms with van der Waals surface area (Å²) in [5.74, 6) is 5.39. The van der Waals surface area contributed by atoms with E-state index in [1.165, 1.54) is 44.6 Å². The number of benzene rings is 1. The Labute approximate surface area is 170 Å². The summed E-state index contributed by atoms with van der Waals surface area (Å²) in [4.78, 5) is 0. The highest BCUT2D eigenvalue weighted by Crippen LogP contribution is 2.32. The molecule has 28 heavy (non-hydrogen) atoms. The van der Waals surface area contributed by atoms with Crippen LogP contribution in [0.1, 0.15) is 96.5 Å². The molecule has 0 spiro atoms. The number of hydrogen-bond acceptors (Lipinski definition) is 1. The van der Waals surface area contributed by atoms with Gasteiger partial charge in [-0.05, 0) is 50.2 Å². The van der Waals surface area contributed by atoms with E-state index in [9.17, 15) is 8.78 Å². The molecule has 0 N–H and O–H groups in total. The first-order valence-electron chi connectivity index (χ1n) is 11.3. The Balaban J connectivity index is 1.84. The topological polar surface area (TPSA) is 9.23 Å². The van der Waals surface area contributed by atoms with Crippen LogP contribution in [0.2, 0.25) is 0 Å². The highest BCUT2D eigenvalue weighted by Gasteiger charge is 2.19. The van der Waals surface area contributed by atoms with Gasteiger partial charge in [-0.15, -0.1) is 0 Å². The summed E-state index contributed by atoms with van der Waals surface area (Å²) in [5.41, 5.74) is 0.140. The molecule has 2 rings (SSSR count). The molecule has 0 radical (unpaired) electrons. The molecule has 0 heterocycles. The third-order valence-electron chi connectivity index (χ3n) is 5.78. The van der Waals surface area contributed by atoms with Gasteiger partial charge >= 0.3 is 0 Å². The van der Waals surface area contributed by atoms with Crippen molar-refractivity contribution in [2.24, 2.45) is 11.8 Å². The monoisotopic (exact) mass is 390 g/mol. The first kappa shape index (κ1) is 22.7. The number of halogens is 2. The standard InChI is InChI=1S/C25H36F2O/c1-3-5-7-9-19-28-23-18-17-22(24(26)25(23)27)16-15-21-13-11-20(12-14-21)10-8-6-4-2/h17-18,20-21H,3-14,19H2,1-2H3/t20-,21-. The summed E-state index contributed by atoms with van der Waals surface area (Å²) in [7, 11) is 0. The Morgan fingerprint density at radius 3 is 2.32 bits per heavy atom. The molecule has 0 atom stereocenters. The molecule has 3 heteroatoms. The first-order valence-corrected chi connectivity index (χ1v) is 11.3. The summed E-state index contributed by atoms with van der Waals surface area (Å²) in [6, 6.07) is 3.05. The third kappa shape index (κ3) is 7.46. The van der Waals surface area contributed by atoms with Crippen LogP contribution in [0, 0.1) is 35.3 Å². The maximum atomic E-state index is 14.3. The molecule has 0 aromatic heterocycles. The van der Waals surface area contributed by atoms with Gasteiger partial charge in [0, 0.05) is 5.92 Å². The van der Waals surface area contributed by atoms with Crippen LogP contribution in [0.15, 0.2) is 12.1 Å². The Hall–Kier alpha value is -1.56. The number of ether oxygens (including phenoxy) is 1.